The number of methoxy groups -OCH3 is 1. The molecule has 3 N–H and O–H groups in total. The molecule has 0 heterocycles. The third-order valence-corrected chi connectivity index (χ3v) is 5.35. The number of benzene rings is 3. The van der Waals surface area contributed by atoms with E-state index >= 15 is 0 Å². The molecular weight excluding hydrogens is 402 g/mol. The maximum atomic E-state index is 13.4. The van der Waals surface area contributed by atoms with Crippen molar-refractivity contribution < 1.29 is 19.2 Å². The number of likely N-dealkylation sites (N-methyl/N-ethyl adjacent to an activating group) is 1. The number of rotatable bonds is 8. The maximum Gasteiger partial charge on any atom is 0.287 e. The summed E-state index contributed by atoms with van der Waals surface area (Å²) in [6.07, 6.45) is 0. The van der Waals surface area contributed by atoms with Gasteiger partial charge in [0.05, 0.1) is 14.2 Å². The van der Waals surface area contributed by atoms with Crippen LogP contribution in [-0.2, 0) is 9.59 Å². The molecule has 6 heteroatoms. The first-order chi connectivity index (χ1) is 15.4. The fourth-order valence-corrected chi connectivity index (χ4v) is 3.62. The standard InChI is InChI=1S/C26H29N3O3/c1-18-10-11-19(2)23(16-18)28-26(31)25(20-8-6-5-7-9-20)29(3)17-24(30)27-21-12-14-22(32-4)15-13-21/h5-16,25H,17H2,1-4H3,(H,27,30)(H,28,31)/p+1/t25-/m0/s1. The molecule has 0 spiro atoms. The van der Waals surface area contributed by atoms with Crippen LogP contribution < -0.4 is 20.3 Å². The molecule has 6 nitrogen and oxygen atoms in total. The van der Waals surface area contributed by atoms with E-state index in [4.69, 9.17) is 4.74 Å². The van der Waals surface area contributed by atoms with Crippen molar-refractivity contribution in [2.75, 3.05) is 31.3 Å². The van der Waals surface area contributed by atoms with E-state index in [9.17, 15) is 9.59 Å². The topological polar surface area (TPSA) is 71.9 Å². The second kappa shape index (κ2) is 10.6. The van der Waals surface area contributed by atoms with Crippen molar-refractivity contribution >= 4 is 23.2 Å². The number of quaternary nitrogens is 1. The summed E-state index contributed by atoms with van der Waals surface area (Å²) in [6, 6.07) is 22.1. The SMILES string of the molecule is COc1ccc(NC(=O)C[NH+](C)[C@H](C(=O)Nc2cc(C)ccc2C)c2ccccc2)cc1. The molecule has 2 atom stereocenters. The van der Waals surface area contributed by atoms with Crippen LogP contribution >= 0.6 is 0 Å². The highest BCUT2D eigenvalue weighted by Crippen LogP contribution is 2.19. The molecular formula is C26H30N3O3+. The first kappa shape index (κ1) is 23.0. The van der Waals surface area contributed by atoms with Gasteiger partial charge in [0, 0.05) is 16.9 Å². The molecule has 0 aliphatic heterocycles. The summed E-state index contributed by atoms with van der Waals surface area (Å²) in [5, 5.41) is 5.95. The van der Waals surface area contributed by atoms with Gasteiger partial charge in [0.1, 0.15) is 5.75 Å². The minimum atomic E-state index is -0.544. The number of aryl methyl sites for hydroxylation is 2. The van der Waals surface area contributed by atoms with E-state index < -0.39 is 6.04 Å². The average Bonchev–Trinajstić information content (AvgIpc) is 2.77. The van der Waals surface area contributed by atoms with Crippen LogP contribution in [0.5, 0.6) is 5.75 Å². The summed E-state index contributed by atoms with van der Waals surface area (Å²) in [5.41, 5.74) is 4.38. The lowest BCUT2D eigenvalue weighted by Gasteiger charge is -2.24. The van der Waals surface area contributed by atoms with Crippen LogP contribution in [0.15, 0.2) is 72.8 Å². The summed E-state index contributed by atoms with van der Waals surface area (Å²) in [4.78, 5) is 26.8. The predicted molar refractivity (Wildman–Crippen MR) is 127 cm³/mol. The number of anilines is 2. The Hall–Kier alpha value is -3.64. The lowest BCUT2D eigenvalue weighted by atomic mass is 10.0. The lowest BCUT2D eigenvalue weighted by molar-refractivity contribution is -0.893. The molecule has 1 unspecified atom stereocenters. The second-order valence-electron chi connectivity index (χ2n) is 7.95. The monoisotopic (exact) mass is 432 g/mol. The highest BCUT2D eigenvalue weighted by molar-refractivity contribution is 5.96. The van der Waals surface area contributed by atoms with E-state index in [0.29, 0.717) is 5.69 Å². The predicted octanol–water partition coefficient (Wildman–Crippen LogP) is 3.15. The Morgan fingerprint density at radius 1 is 0.938 bits per heavy atom. The summed E-state index contributed by atoms with van der Waals surface area (Å²) in [5.74, 6) is 0.394. The maximum absolute atomic E-state index is 13.4. The molecule has 0 bridgehead atoms. The zero-order valence-electron chi connectivity index (χ0n) is 18.9. The normalized spacial score (nSPS) is 12.5. The van der Waals surface area contributed by atoms with E-state index in [2.05, 4.69) is 10.6 Å². The van der Waals surface area contributed by atoms with E-state index in [0.717, 1.165) is 33.0 Å². The number of hydrogen-bond donors (Lipinski definition) is 3. The van der Waals surface area contributed by atoms with Gasteiger partial charge in [-0.3, -0.25) is 9.59 Å². The Bertz CT molecular complexity index is 1070. The first-order valence-corrected chi connectivity index (χ1v) is 10.6. The van der Waals surface area contributed by atoms with Crippen LogP contribution in [0.4, 0.5) is 11.4 Å². The van der Waals surface area contributed by atoms with Gasteiger partial charge in [0.15, 0.2) is 12.6 Å². The highest BCUT2D eigenvalue weighted by atomic mass is 16.5. The molecule has 2 amide bonds. The van der Waals surface area contributed by atoms with E-state index in [1.54, 1.807) is 31.4 Å². The van der Waals surface area contributed by atoms with E-state index in [1.807, 2.05) is 69.4 Å². The molecule has 0 saturated carbocycles. The molecule has 0 radical (unpaired) electrons. The van der Waals surface area contributed by atoms with Gasteiger partial charge in [-0.05, 0) is 55.3 Å². The Labute approximate surface area is 189 Å². The van der Waals surface area contributed by atoms with Gasteiger partial charge >= 0.3 is 0 Å². The number of carbonyl (C=O) groups is 2. The first-order valence-electron chi connectivity index (χ1n) is 10.6. The minimum absolute atomic E-state index is 0.131. The Morgan fingerprint density at radius 3 is 2.28 bits per heavy atom. The lowest BCUT2D eigenvalue weighted by Crippen LogP contribution is -3.11. The van der Waals surface area contributed by atoms with Gasteiger partial charge in [-0.2, -0.15) is 0 Å². The van der Waals surface area contributed by atoms with Crippen LogP contribution in [0, 0.1) is 13.8 Å². The minimum Gasteiger partial charge on any atom is -0.497 e. The molecule has 0 aliphatic carbocycles. The van der Waals surface area contributed by atoms with Gasteiger partial charge in [-0.15, -0.1) is 0 Å². The number of nitrogens with one attached hydrogen (secondary N) is 3. The van der Waals surface area contributed by atoms with Crippen molar-refractivity contribution in [3.63, 3.8) is 0 Å². The summed E-state index contributed by atoms with van der Waals surface area (Å²) in [7, 11) is 3.45. The van der Waals surface area contributed by atoms with Crippen molar-refractivity contribution in [1.82, 2.24) is 0 Å². The van der Waals surface area contributed by atoms with Crippen molar-refractivity contribution in [2.45, 2.75) is 19.9 Å². The largest absolute Gasteiger partial charge is 0.497 e. The van der Waals surface area contributed by atoms with Crippen LogP contribution in [0.25, 0.3) is 0 Å². The van der Waals surface area contributed by atoms with Gasteiger partial charge in [0.2, 0.25) is 0 Å². The van der Waals surface area contributed by atoms with Crippen LogP contribution in [0.1, 0.15) is 22.7 Å². The van der Waals surface area contributed by atoms with Crippen LogP contribution in [-0.4, -0.2) is 32.5 Å². The zero-order chi connectivity index (χ0) is 23.1. The third kappa shape index (κ3) is 5.95. The number of carbonyl (C=O) groups excluding carboxylic acids is 2. The summed E-state index contributed by atoms with van der Waals surface area (Å²) >= 11 is 0. The molecule has 0 aromatic heterocycles. The Kier molecular flexibility index (Phi) is 7.63. The molecule has 0 fully saturated rings. The Morgan fingerprint density at radius 2 is 1.62 bits per heavy atom. The molecule has 3 aromatic carbocycles. The van der Waals surface area contributed by atoms with Crippen molar-refractivity contribution in [3.05, 3.63) is 89.5 Å². The number of hydrogen-bond acceptors (Lipinski definition) is 3. The quantitative estimate of drug-likeness (QED) is 0.512. The third-order valence-electron chi connectivity index (χ3n) is 5.35. The summed E-state index contributed by atoms with van der Waals surface area (Å²) < 4.78 is 5.15. The fraction of sp³-hybridized carbons (Fsp3) is 0.231. The molecule has 0 saturated heterocycles. The Balaban J connectivity index is 1.76. The second-order valence-corrected chi connectivity index (χ2v) is 7.95. The number of ether oxygens (including phenoxy) is 1. The van der Waals surface area contributed by atoms with Crippen molar-refractivity contribution in [1.29, 1.82) is 0 Å². The fourth-order valence-electron chi connectivity index (χ4n) is 3.62. The van der Waals surface area contributed by atoms with Gasteiger partial charge in [0.25, 0.3) is 11.8 Å². The van der Waals surface area contributed by atoms with Crippen molar-refractivity contribution in [2.24, 2.45) is 0 Å². The molecule has 32 heavy (non-hydrogen) atoms. The van der Waals surface area contributed by atoms with E-state index in [-0.39, 0.29) is 18.4 Å². The van der Waals surface area contributed by atoms with E-state index in [1.165, 1.54) is 0 Å². The van der Waals surface area contributed by atoms with Gasteiger partial charge < -0.3 is 20.3 Å². The van der Waals surface area contributed by atoms with Gasteiger partial charge in [-0.25, -0.2) is 0 Å². The molecule has 3 aromatic rings. The molecule has 0 aliphatic rings. The average molecular weight is 433 g/mol. The number of amides is 2. The summed E-state index contributed by atoms with van der Waals surface area (Å²) in [6.45, 7) is 4.09. The van der Waals surface area contributed by atoms with Gasteiger partial charge in [-0.1, -0.05) is 42.5 Å². The van der Waals surface area contributed by atoms with Crippen molar-refractivity contribution in [3.8, 4) is 5.75 Å². The van der Waals surface area contributed by atoms with Crippen LogP contribution in [0.3, 0.4) is 0 Å². The zero-order valence-corrected chi connectivity index (χ0v) is 18.9. The highest BCUT2D eigenvalue weighted by Gasteiger charge is 2.30. The smallest absolute Gasteiger partial charge is 0.287 e. The molecule has 166 valence electrons. The van der Waals surface area contributed by atoms with Crippen LogP contribution in [0.2, 0.25) is 0 Å². The molecule has 3 rings (SSSR count).